The second kappa shape index (κ2) is 8.90. The van der Waals surface area contributed by atoms with Gasteiger partial charge >= 0.3 is 22.1 Å². The van der Waals surface area contributed by atoms with E-state index in [0.29, 0.717) is 0 Å². The Kier molecular flexibility index (Phi) is 6.82. The molecule has 28 heavy (non-hydrogen) atoms. The van der Waals surface area contributed by atoms with Crippen molar-refractivity contribution in [3.63, 3.8) is 0 Å². The van der Waals surface area contributed by atoms with Crippen molar-refractivity contribution < 1.29 is 31.7 Å². The van der Waals surface area contributed by atoms with E-state index in [1.807, 2.05) is 6.92 Å². The van der Waals surface area contributed by atoms with Gasteiger partial charge in [-0.3, -0.25) is 0 Å². The van der Waals surface area contributed by atoms with Crippen molar-refractivity contribution >= 4 is 39.7 Å². The normalized spacial score (nSPS) is 10.7. The molecule has 0 atom stereocenters. The van der Waals surface area contributed by atoms with Crippen LogP contribution in [-0.4, -0.2) is 34.6 Å². The third-order valence-corrected chi connectivity index (χ3v) is 5.08. The molecule has 0 saturated carbocycles. The average molecular weight is 425 g/mol. The standard InChI is InChI=1S/C19H17ClO7S/c1-12-4-7-15(8-5-12)28(23,24)27-17-9-6-14(20)10-13(17)11-16(18(21)25-2)19(22)26-3/h4-11H,1-3H3. The average Bonchev–Trinajstić information content (AvgIpc) is 2.67. The summed E-state index contributed by atoms with van der Waals surface area (Å²) in [6.45, 7) is 1.82. The first kappa shape index (κ1) is 21.5. The number of aryl methyl sites for hydroxylation is 1. The molecule has 2 rings (SSSR count). The summed E-state index contributed by atoms with van der Waals surface area (Å²) in [6, 6.07) is 10.1. The van der Waals surface area contributed by atoms with Gasteiger partial charge in [0.25, 0.3) is 0 Å². The molecule has 0 aliphatic rings. The molecule has 7 nitrogen and oxygen atoms in total. The first-order valence-electron chi connectivity index (χ1n) is 7.87. The Morgan fingerprint density at radius 3 is 2.07 bits per heavy atom. The second-order valence-electron chi connectivity index (χ2n) is 5.57. The molecule has 0 amide bonds. The van der Waals surface area contributed by atoms with Crippen molar-refractivity contribution in [3.8, 4) is 5.75 Å². The highest BCUT2D eigenvalue weighted by Crippen LogP contribution is 2.28. The van der Waals surface area contributed by atoms with Gasteiger partial charge < -0.3 is 13.7 Å². The van der Waals surface area contributed by atoms with Crippen LogP contribution in [0.4, 0.5) is 0 Å². The zero-order valence-corrected chi connectivity index (χ0v) is 16.8. The molecule has 0 unspecified atom stereocenters. The Morgan fingerprint density at radius 1 is 0.964 bits per heavy atom. The number of carbonyl (C=O) groups excluding carboxylic acids is 2. The van der Waals surface area contributed by atoms with Crippen LogP contribution >= 0.6 is 11.6 Å². The zero-order chi connectivity index (χ0) is 20.9. The van der Waals surface area contributed by atoms with Crippen LogP contribution < -0.4 is 4.18 Å². The van der Waals surface area contributed by atoms with Crippen molar-refractivity contribution in [3.05, 3.63) is 64.2 Å². The molecular formula is C19H17ClO7S. The van der Waals surface area contributed by atoms with E-state index in [9.17, 15) is 18.0 Å². The number of rotatable bonds is 6. The molecule has 0 saturated heterocycles. The number of methoxy groups -OCH3 is 2. The fourth-order valence-corrected chi connectivity index (χ4v) is 3.29. The zero-order valence-electron chi connectivity index (χ0n) is 15.3. The second-order valence-corrected chi connectivity index (χ2v) is 7.56. The van der Waals surface area contributed by atoms with E-state index in [1.54, 1.807) is 12.1 Å². The van der Waals surface area contributed by atoms with Gasteiger partial charge in [-0.25, -0.2) is 9.59 Å². The van der Waals surface area contributed by atoms with Gasteiger partial charge in [0, 0.05) is 10.6 Å². The quantitative estimate of drug-likeness (QED) is 0.231. The Hall–Kier alpha value is -2.84. The maximum absolute atomic E-state index is 12.6. The summed E-state index contributed by atoms with van der Waals surface area (Å²) in [4.78, 5) is 23.7. The lowest BCUT2D eigenvalue weighted by atomic mass is 10.1. The van der Waals surface area contributed by atoms with Crippen LogP contribution in [0.5, 0.6) is 5.75 Å². The van der Waals surface area contributed by atoms with Crippen LogP contribution in [0.25, 0.3) is 6.08 Å². The number of hydrogen-bond donors (Lipinski definition) is 0. The number of benzene rings is 2. The summed E-state index contributed by atoms with van der Waals surface area (Å²) in [5.74, 6) is -2.05. The Morgan fingerprint density at radius 2 is 1.54 bits per heavy atom. The molecule has 0 heterocycles. The summed E-state index contributed by atoms with van der Waals surface area (Å²) < 4.78 is 39.4. The predicted octanol–water partition coefficient (Wildman–Crippen LogP) is 3.15. The molecule has 0 aliphatic heterocycles. The Balaban J connectivity index is 2.52. The molecule has 0 aromatic heterocycles. The molecule has 0 aliphatic carbocycles. The minimum atomic E-state index is -4.16. The number of carbonyl (C=O) groups is 2. The highest BCUT2D eigenvalue weighted by molar-refractivity contribution is 7.87. The first-order valence-corrected chi connectivity index (χ1v) is 9.65. The number of esters is 2. The van der Waals surface area contributed by atoms with Crippen LogP contribution in [0.2, 0.25) is 5.02 Å². The topological polar surface area (TPSA) is 96.0 Å². The molecule has 9 heteroatoms. The van der Waals surface area contributed by atoms with Crippen molar-refractivity contribution in [2.75, 3.05) is 14.2 Å². The highest BCUT2D eigenvalue weighted by Gasteiger charge is 2.23. The van der Waals surface area contributed by atoms with Crippen molar-refractivity contribution in [2.45, 2.75) is 11.8 Å². The molecule has 148 valence electrons. The summed E-state index contributed by atoms with van der Waals surface area (Å²) in [5, 5.41) is 0.236. The molecule has 0 radical (unpaired) electrons. The van der Waals surface area contributed by atoms with E-state index in [2.05, 4.69) is 9.47 Å². The minimum Gasteiger partial charge on any atom is -0.465 e. The predicted molar refractivity (Wildman–Crippen MR) is 102 cm³/mol. The fraction of sp³-hybridized carbons (Fsp3) is 0.158. The molecular weight excluding hydrogens is 408 g/mol. The van der Waals surface area contributed by atoms with Crippen LogP contribution in [0.15, 0.2) is 52.9 Å². The van der Waals surface area contributed by atoms with Gasteiger partial charge in [0.2, 0.25) is 0 Å². The lowest BCUT2D eigenvalue weighted by Gasteiger charge is -2.11. The van der Waals surface area contributed by atoms with Crippen LogP contribution in [0.3, 0.4) is 0 Å². The lowest BCUT2D eigenvalue weighted by Crippen LogP contribution is -2.16. The summed E-state index contributed by atoms with van der Waals surface area (Å²) in [5.41, 5.74) is 0.508. The van der Waals surface area contributed by atoms with Crippen LogP contribution in [-0.2, 0) is 29.2 Å². The number of hydrogen-bond acceptors (Lipinski definition) is 7. The van der Waals surface area contributed by atoms with E-state index in [1.165, 1.54) is 30.3 Å². The Bertz CT molecular complexity index is 1010. The maximum atomic E-state index is 12.6. The van der Waals surface area contributed by atoms with Gasteiger partial charge in [-0.1, -0.05) is 29.3 Å². The smallest absolute Gasteiger partial charge is 0.345 e. The van der Waals surface area contributed by atoms with E-state index in [4.69, 9.17) is 15.8 Å². The van der Waals surface area contributed by atoms with Crippen LogP contribution in [0, 0.1) is 6.92 Å². The summed E-state index contributed by atoms with van der Waals surface area (Å²) >= 11 is 5.97. The van der Waals surface area contributed by atoms with E-state index < -0.39 is 27.6 Å². The minimum absolute atomic E-state index is 0.0517. The summed E-state index contributed by atoms with van der Waals surface area (Å²) in [7, 11) is -1.97. The van der Waals surface area contributed by atoms with Crippen LogP contribution in [0.1, 0.15) is 11.1 Å². The van der Waals surface area contributed by atoms with Crippen molar-refractivity contribution in [1.29, 1.82) is 0 Å². The SMILES string of the molecule is COC(=O)C(=Cc1cc(Cl)ccc1OS(=O)(=O)c1ccc(C)cc1)C(=O)OC. The van der Waals surface area contributed by atoms with Gasteiger partial charge in [-0.15, -0.1) is 0 Å². The van der Waals surface area contributed by atoms with E-state index in [-0.39, 0.29) is 21.2 Å². The molecule has 0 fully saturated rings. The summed E-state index contributed by atoms with van der Waals surface area (Å²) in [6.07, 6.45) is 1.09. The lowest BCUT2D eigenvalue weighted by molar-refractivity contribution is -0.143. The van der Waals surface area contributed by atoms with Crippen molar-refractivity contribution in [1.82, 2.24) is 0 Å². The highest BCUT2D eigenvalue weighted by atomic mass is 35.5. The fourth-order valence-electron chi connectivity index (χ4n) is 2.16. The van der Waals surface area contributed by atoms with Gasteiger partial charge in [0.15, 0.2) is 0 Å². The molecule has 0 spiro atoms. The largest absolute Gasteiger partial charge is 0.465 e. The van der Waals surface area contributed by atoms with Gasteiger partial charge in [0.1, 0.15) is 16.2 Å². The first-order chi connectivity index (χ1) is 13.2. The Labute approximate surface area is 167 Å². The molecule has 2 aromatic rings. The number of halogens is 1. The number of ether oxygens (including phenoxy) is 2. The third kappa shape index (κ3) is 5.11. The van der Waals surface area contributed by atoms with Crippen molar-refractivity contribution in [2.24, 2.45) is 0 Å². The molecule has 0 N–H and O–H groups in total. The van der Waals surface area contributed by atoms with Gasteiger partial charge in [-0.05, 0) is 43.3 Å². The third-order valence-electron chi connectivity index (χ3n) is 3.59. The molecule has 2 aromatic carbocycles. The molecule has 0 bridgehead atoms. The van der Waals surface area contributed by atoms with Gasteiger partial charge in [0.05, 0.1) is 14.2 Å². The monoisotopic (exact) mass is 424 g/mol. The van der Waals surface area contributed by atoms with E-state index >= 15 is 0 Å². The van der Waals surface area contributed by atoms with E-state index in [0.717, 1.165) is 25.9 Å². The van der Waals surface area contributed by atoms with Gasteiger partial charge in [-0.2, -0.15) is 8.42 Å². The maximum Gasteiger partial charge on any atom is 0.345 e.